The Balaban J connectivity index is 0.00000794. The molecule has 5 aromatic rings. The van der Waals surface area contributed by atoms with Crippen LogP contribution in [0, 0.1) is 11.9 Å². The third kappa shape index (κ3) is 11.5. The maximum atomic E-state index is 13.6. The molecule has 1 aromatic heterocycles. The van der Waals surface area contributed by atoms with E-state index in [9.17, 15) is 69.6 Å². The quantitative estimate of drug-likeness (QED) is 0.0274. The summed E-state index contributed by atoms with van der Waals surface area (Å²) in [4.78, 5) is 2.77. The number of rotatable bonds is 14. The van der Waals surface area contributed by atoms with Crippen molar-refractivity contribution in [2.24, 2.45) is 20.5 Å². The van der Waals surface area contributed by atoms with E-state index in [1.54, 1.807) is 0 Å². The number of azo groups is 2. The van der Waals surface area contributed by atoms with Crippen LogP contribution in [0.25, 0.3) is 10.8 Å². The first-order valence-corrected chi connectivity index (χ1v) is 22.4. The molecule has 1 heterocycles. The topological polar surface area (TPSA) is 394 Å². The summed E-state index contributed by atoms with van der Waals surface area (Å²) < 4.78 is 190. The number of hydrogen-bond acceptors (Lipinski definition) is 20. The number of anilines is 3. The van der Waals surface area contributed by atoms with Gasteiger partial charge in [0, 0.05) is 41.3 Å². The van der Waals surface area contributed by atoms with Gasteiger partial charge in [0.25, 0.3) is 30.4 Å². The molecule has 4 aromatic carbocycles. The van der Waals surface area contributed by atoms with E-state index < -0.39 is 135 Å². The third-order valence-electron chi connectivity index (χ3n) is 7.33. The molecule has 0 aliphatic rings. The number of aromatic nitrogens is 2. The molecule has 0 fully saturated rings. The number of sulfone groups is 1. The number of nitrogen functional groups attached to an aromatic ring is 1. The van der Waals surface area contributed by atoms with Gasteiger partial charge in [0.15, 0.2) is 15.6 Å². The van der Waals surface area contributed by atoms with Crippen molar-refractivity contribution in [3.05, 3.63) is 72.6 Å². The zero-order chi connectivity index (χ0) is 43.9. The normalized spacial score (nSPS) is 12.9. The van der Waals surface area contributed by atoms with Crippen LogP contribution in [0.1, 0.15) is 0 Å². The maximum absolute atomic E-state index is 13.6. The van der Waals surface area contributed by atoms with Gasteiger partial charge in [-0.2, -0.15) is 57.5 Å². The number of hydrogen-bond donors (Lipinski definition) is 7. The van der Waals surface area contributed by atoms with Crippen LogP contribution in [0.2, 0.25) is 0 Å². The van der Waals surface area contributed by atoms with Crippen LogP contribution in [0.5, 0.6) is 5.75 Å². The minimum Gasteiger partial charge on any atom is -0.505 e. The SMILES string of the molecule is Nc1c(N=Nc2ccc(S(=O)(=O)CCOS(=O)(=O)O)cc2)c(S(=O)(=O)O)cc2cc(S(=O)(=O)O)c(N=Nc3cc(Nc4nc(F)cc(F)n4)ccc3S(=O)(=O)O)c(O)c12.[Na]. The molecule has 32 heteroatoms. The maximum Gasteiger partial charge on any atom is 0.397 e. The molecular formula is C28H22F2N8NaO16S5. The van der Waals surface area contributed by atoms with Crippen molar-refractivity contribution in [1.82, 2.24) is 9.97 Å². The van der Waals surface area contributed by atoms with Gasteiger partial charge in [-0.3, -0.25) is 18.2 Å². The van der Waals surface area contributed by atoms with Gasteiger partial charge in [0.2, 0.25) is 17.8 Å². The zero-order valence-corrected chi connectivity index (χ0v) is 35.6. The van der Waals surface area contributed by atoms with E-state index in [-0.39, 0.29) is 45.8 Å². The van der Waals surface area contributed by atoms with Crippen molar-refractivity contribution < 1.29 is 78.4 Å². The van der Waals surface area contributed by atoms with Gasteiger partial charge in [0.1, 0.15) is 31.7 Å². The molecule has 0 unspecified atom stereocenters. The molecule has 8 N–H and O–H groups in total. The first-order chi connectivity index (χ1) is 27.1. The average Bonchev–Trinajstić information content (AvgIpc) is 3.08. The molecule has 0 saturated carbocycles. The molecule has 0 bridgehead atoms. The van der Waals surface area contributed by atoms with Gasteiger partial charge in [-0.15, -0.1) is 15.3 Å². The summed E-state index contributed by atoms with van der Waals surface area (Å²) in [6, 6.07) is 7.88. The van der Waals surface area contributed by atoms with E-state index in [1.165, 1.54) is 0 Å². The Morgan fingerprint density at radius 2 is 1.22 bits per heavy atom. The summed E-state index contributed by atoms with van der Waals surface area (Å²) in [5, 5.41) is 26.9. The van der Waals surface area contributed by atoms with Crippen molar-refractivity contribution in [3.63, 3.8) is 0 Å². The van der Waals surface area contributed by atoms with Gasteiger partial charge in [0.05, 0.1) is 34.0 Å². The number of nitrogens with two attached hydrogens (primary N) is 1. The Bertz CT molecular complexity index is 3160. The number of benzene rings is 4. The Hall–Kier alpha value is -4.77. The Morgan fingerprint density at radius 3 is 1.75 bits per heavy atom. The van der Waals surface area contributed by atoms with Gasteiger partial charge < -0.3 is 16.2 Å². The monoisotopic (exact) mass is 947 g/mol. The first-order valence-electron chi connectivity index (χ1n) is 15.1. The smallest absolute Gasteiger partial charge is 0.397 e. The second-order valence-corrected chi connectivity index (χ2v) is 18.7. The number of phenolic OH excluding ortho intramolecular Hbond substituents is 1. The molecule has 0 aliphatic heterocycles. The molecule has 0 saturated heterocycles. The van der Waals surface area contributed by atoms with E-state index in [4.69, 9.17) is 10.3 Å². The van der Waals surface area contributed by atoms with E-state index >= 15 is 0 Å². The fourth-order valence-electron chi connectivity index (χ4n) is 4.87. The van der Waals surface area contributed by atoms with Crippen LogP contribution in [0.15, 0.2) is 101 Å². The predicted octanol–water partition coefficient (Wildman–Crippen LogP) is 3.72. The van der Waals surface area contributed by atoms with Crippen molar-refractivity contribution in [2.75, 3.05) is 23.4 Å². The molecule has 24 nitrogen and oxygen atoms in total. The first kappa shape index (κ1) is 47.9. The van der Waals surface area contributed by atoms with Crippen LogP contribution in [0.4, 0.5) is 48.9 Å². The molecule has 5 rings (SSSR count). The van der Waals surface area contributed by atoms with Gasteiger partial charge in [-0.25, -0.2) is 12.6 Å². The molecule has 60 heavy (non-hydrogen) atoms. The van der Waals surface area contributed by atoms with E-state index in [0.717, 1.165) is 36.4 Å². The van der Waals surface area contributed by atoms with Crippen LogP contribution in [0.3, 0.4) is 0 Å². The zero-order valence-electron chi connectivity index (χ0n) is 29.5. The van der Waals surface area contributed by atoms with E-state index in [0.29, 0.717) is 24.3 Å². The number of nitrogens with one attached hydrogen (secondary N) is 1. The van der Waals surface area contributed by atoms with Gasteiger partial charge in [-0.05, 0) is 60.0 Å². The average molecular weight is 948 g/mol. The van der Waals surface area contributed by atoms with Gasteiger partial charge in [-0.1, -0.05) is 0 Å². The summed E-state index contributed by atoms with van der Waals surface area (Å²) in [6.07, 6.45) is 0. The largest absolute Gasteiger partial charge is 0.505 e. The molecule has 0 spiro atoms. The molecule has 0 aliphatic carbocycles. The van der Waals surface area contributed by atoms with E-state index in [2.05, 4.69) is 39.9 Å². The standard InChI is InChI=1S/C28H22F2N8O16S5.Na/c29-21-12-22(30)34-28(33-21)32-15-3-6-18(56(42,43)44)17(11-15)36-38-26-20(58(48,49)50)10-13-9-19(57(45,46)47)25(24(31)23(13)27(26)39)37-35-14-1-4-16(5-2-14)55(40,41)8-7-54-59(51,52)53;/h1-6,9-12,39H,7-8,31H2,(H,32,33,34)(H,42,43,44)(H,45,46,47)(H,48,49,50)(H,51,52,53);. The van der Waals surface area contributed by atoms with Crippen LogP contribution < -0.4 is 11.1 Å². The molecular weight excluding hydrogens is 926 g/mol. The number of nitrogens with zero attached hydrogens (tertiary/aromatic N) is 6. The summed E-state index contributed by atoms with van der Waals surface area (Å²) in [5.74, 6) is -5.46. The fourth-order valence-corrected chi connectivity index (χ4v) is 8.29. The Kier molecular flexibility index (Phi) is 14.1. The van der Waals surface area contributed by atoms with Crippen molar-refractivity contribution in [2.45, 2.75) is 19.6 Å². The van der Waals surface area contributed by atoms with Crippen molar-refractivity contribution >= 4 is 131 Å². The van der Waals surface area contributed by atoms with E-state index in [1.807, 2.05) is 0 Å². The van der Waals surface area contributed by atoms with Crippen LogP contribution in [-0.2, 0) is 54.8 Å². The minimum atomic E-state index is -5.45. The summed E-state index contributed by atoms with van der Waals surface area (Å²) in [7, 11) is -25.0. The van der Waals surface area contributed by atoms with Crippen molar-refractivity contribution in [1.29, 1.82) is 0 Å². The summed E-state index contributed by atoms with van der Waals surface area (Å²) in [5.41, 5.74) is 1.97. The fraction of sp³-hybridized carbons (Fsp3) is 0.0714. The second kappa shape index (κ2) is 17.7. The van der Waals surface area contributed by atoms with Gasteiger partial charge >= 0.3 is 10.4 Å². The number of fused-ring (bicyclic) bond motifs is 1. The van der Waals surface area contributed by atoms with Crippen molar-refractivity contribution in [3.8, 4) is 5.75 Å². The van der Waals surface area contributed by atoms with Crippen LogP contribution >= 0.6 is 0 Å². The van der Waals surface area contributed by atoms with Crippen LogP contribution in [-0.4, -0.2) is 117 Å². The molecule has 315 valence electrons. The third-order valence-corrected chi connectivity index (χ3v) is 12.1. The Labute approximate surface area is 358 Å². The summed E-state index contributed by atoms with van der Waals surface area (Å²) >= 11 is 0. The number of phenols is 1. The second-order valence-electron chi connectivity index (χ2n) is 11.3. The summed E-state index contributed by atoms with van der Waals surface area (Å²) in [6.45, 7) is -0.933. The molecule has 0 amide bonds. The molecule has 0 atom stereocenters. The number of aromatic hydroxyl groups is 1. The number of halogens is 2. The minimum absolute atomic E-state index is 0. The predicted molar refractivity (Wildman–Crippen MR) is 201 cm³/mol. The molecule has 1 radical (unpaired) electrons. The Morgan fingerprint density at radius 1 is 0.683 bits per heavy atom.